The Hall–Kier alpha value is -3.82. The molecule has 4 atom stereocenters. The van der Waals surface area contributed by atoms with E-state index in [0.717, 1.165) is 18.4 Å². The fraction of sp³-hybridized carbons (Fsp3) is 0.484. The zero-order valence-corrected chi connectivity index (χ0v) is 23.3. The number of amides is 3. The summed E-state index contributed by atoms with van der Waals surface area (Å²) in [6.07, 6.45) is 0.171. The molecule has 0 aromatic heterocycles. The van der Waals surface area contributed by atoms with Crippen LogP contribution in [0, 0.1) is 11.8 Å². The molecule has 3 N–H and O–H groups in total. The van der Waals surface area contributed by atoms with E-state index in [0.29, 0.717) is 19.3 Å². The average molecular weight is 570 g/mol. The molecule has 1 aliphatic heterocycles. The SMILES string of the molecule is CC(C)C[C@H](NC(=O)OC(c1ccccc1)C(F)(F)c1cccc(C2CC2)c1)C(=O)N[C@H](C=O)C[C@@H]1CCNC1=O. The van der Waals surface area contributed by atoms with Gasteiger partial charge in [0.25, 0.3) is 0 Å². The van der Waals surface area contributed by atoms with Crippen molar-refractivity contribution in [2.45, 2.75) is 76.0 Å². The Morgan fingerprint density at radius 2 is 1.80 bits per heavy atom. The Bertz CT molecular complexity index is 1240. The van der Waals surface area contributed by atoms with Gasteiger partial charge in [-0.1, -0.05) is 62.4 Å². The number of hydrogen-bond acceptors (Lipinski definition) is 5. The van der Waals surface area contributed by atoms with Crippen molar-refractivity contribution in [2.24, 2.45) is 11.8 Å². The van der Waals surface area contributed by atoms with Crippen molar-refractivity contribution in [1.82, 2.24) is 16.0 Å². The van der Waals surface area contributed by atoms with Gasteiger partial charge in [-0.2, -0.15) is 8.78 Å². The quantitative estimate of drug-likeness (QED) is 0.302. The molecule has 1 saturated carbocycles. The third-order valence-corrected chi connectivity index (χ3v) is 7.49. The summed E-state index contributed by atoms with van der Waals surface area (Å²) in [5.41, 5.74) is 0.668. The van der Waals surface area contributed by atoms with Gasteiger partial charge < -0.3 is 25.5 Å². The lowest BCUT2D eigenvalue weighted by Gasteiger charge is -2.29. The van der Waals surface area contributed by atoms with E-state index in [1.807, 2.05) is 19.9 Å². The van der Waals surface area contributed by atoms with Crippen molar-refractivity contribution in [3.05, 3.63) is 71.3 Å². The zero-order chi connectivity index (χ0) is 29.6. The third-order valence-electron chi connectivity index (χ3n) is 7.49. The molecule has 0 spiro atoms. The number of carbonyl (C=O) groups is 4. The lowest BCUT2D eigenvalue weighted by molar-refractivity contribution is -0.129. The van der Waals surface area contributed by atoms with Gasteiger partial charge in [-0.3, -0.25) is 9.59 Å². The van der Waals surface area contributed by atoms with Crippen LogP contribution in [0.3, 0.4) is 0 Å². The van der Waals surface area contributed by atoms with E-state index >= 15 is 8.78 Å². The van der Waals surface area contributed by atoms with Gasteiger partial charge >= 0.3 is 12.0 Å². The second kappa shape index (κ2) is 13.2. The lowest BCUT2D eigenvalue weighted by Crippen LogP contribution is -2.51. The molecular weight excluding hydrogens is 532 g/mol. The minimum atomic E-state index is -3.57. The number of alkyl halides is 2. The Morgan fingerprint density at radius 1 is 1.07 bits per heavy atom. The lowest BCUT2D eigenvalue weighted by atomic mass is 9.95. The molecule has 2 aromatic carbocycles. The second-order valence-corrected chi connectivity index (χ2v) is 11.3. The molecular formula is C31H37F2N3O5. The maximum absolute atomic E-state index is 16.0. The molecule has 3 amide bonds. The molecule has 2 aliphatic rings. The van der Waals surface area contributed by atoms with Gasteiger partial charge in [0.15, 0.2) is 6.10 Å². The van der Waals surface area contributed by atoms with Crippen LogP contribution in [-0.2, 0) is 25.0 Å². The number of rotatable bonds is 13. The molecule has 1 heterocycles. The fourth-order valence-electron chi connectivity index (χ4n) is 5.14. The number of ether oxygens (including phenoxy) is 1. The van der Waals surface area contributed by atoms with Crippen LogP contribution in [-0.4, -0.2) is 42.8 Å². The van der Waals surface area contributed by atoms with Crippen molar-refractivity contribution in [2.75, 3.05) is 6.54 Å². The smallest absolute Gasteiger partial charge is 0.408 e. The van der Waals surface area contributed by atoms with Crippen LogP contribution < -0.4 is 16.0 Å². The first-order valence-electron chi connectivity index (χ1n) is 14.1. The molecule has 1 aliphatic carbocycles. The van der Waals surface area contributed by atoms with E-state index in [9.17, 15) is 19.2 Å². The van der Waals surface area contributed by atoms with E-state index in [4.69, 9.17) is 4.74 Å². The van der Waals surface area contributed by atoms with Crippen molar-refractivity contribution in [3.63, 3.8) is 0 Å². The molecule has 4 rings (SSSR count). The number of hydrogen-bond donors (Lipinski definition) is 3. The van der Waals surface area contributed by atoms with Gasteiger partial charge in [-0.25, -0.2) is 4.79 Å². The molecule has 220 valence electrons. The van der Waals surface area contributed by atoms with Gasteiger partial charge in [-0.05, 0) is 61.1 Å². The highest BCUT2D eigenvalue weighted by Crippen LogP contribution is 2.46. The average Bonchev–Trinajstić information content (AvgIpc) is 3.73. The number of aldehydes is 1. The number of carbonyl (C=O) groups excluding carboxylic acids is 4. The summed E-state index contributed by atoms with van der Waals surface area (Å²) in [5.74, 6) is -4.60. The predicted molar refractivity (Wildman–Crippen MR) is 148 cm³/mol. The molecule has 2 fully saturated rings. The minimum Gasteiger partial charge on any atom is -0.434 e. The molecule has 1 saturated heterocycles. The Balaban J connectivity index is 1.50. The number of benzene rings is 2. The van der Waals surface area contributed by atoms with Crippen LogP contribution in [0.15, 0.2) is 54.6 Å². The number of alkyl carbamates (subject to hydrolysis) is 1. The van der Waals surface area contributed by atoms with E-state index in [1.54, 1.807) is 24.3 Å². The Morgan fingerprint density at radius 3 is 2.41 bits per heavy atom. The first-order chi connectivity index (χ1) is 19.6. The van der Waals surface area contributed by atoms with Crippen LogP contribution in [0.4, 0.5) is 13.6 Å². The molecule has 8 nitrogen and oxygen atoms in total. The molecule has 2 aromatic rings. The van der Waals surface area contributed by atoms with E-state index < -0.39 is 42.0 Å². The number of nitrogens with one attached hydrogen (secondary N) is 3. The summed E-state index contributed by atoms with van der Waals surface area (Å²) in [5, 5.41) is 7.72. The molecule has 0 radical (unpaired) electrons. The summed E-state index contributed by atoms with van der Waals surface area (Å²) in [7, 11) is 0. The first kappa shape index (κ1) is 30.1. The Kier molecular flexibility index (Phi) is 9.73. The van der Waals surface area contributed by atoms with Crippen molar-refractivity contribution >= 4 is 24.2 Å². The maximum atomic E-state index is 16.0. The van der Waals surface area contributed by atoms with Crippen LogP contribution in [0.2, 0.25) is 0 Å². The second-order valence-electron chi connectivity index (χ2n) is 11.3. The van der Waals surface area contributed by atoms with Crippen LogP contribution in [0.25, 0.3) is 0 Å². The van der Waals surface area contributed by atoms with Gasteiger partial charge in [0.05, 0.1) is 6.04 Å². The molecule has 1 unspecified atom stereocenters. The monoisotopic (exact) mass is 569 g/mol. The standard InChI is InChI=1S/C31H37F2N3O5/c1-19(2)15-26(29(39)35-25(18-37)17-23-13-14-34-28(23)38)36-30(40)41-27(21-7-4-3-5-8-21)31(32,33)24-10-6-9-22(16-24)20-11-12-20/h3-10,16,18-20,23,25-27H,11-15,17H2,1-2H3,(H,34,38)(H,35,39)(H,36,40)/t23-,25-,26-,27?/m0/s1. The fourth-order valence-corrected chi connectivity index (χ4v) is 5.14. The highest BCUT2D eigenvalue weighted by Gasteiger charge is 2.46. The van der Waals surface area contributed by atoms with Crippen molar-refractivity contribution in [3.8, 4) is 0 Å². The van der Waals surface area contributed by atoms with Crippen LogP contribution in [0.1, 0.15) is 74.7 Å². The van der Waals surface area contributed by atoms with Gasteiger partial charge in [0, 0.05) is 18.0 Å². The van der Waals surface area contributed by atoms with Gasteiger partial charge in [-0.15, -0.1) is 0 Å². The molecule has 0 bridgehead atoms. The van der Waals surface area contributed by atoms with Gasteiger partial charge in [0.1, 0.15) is 12.3 Å². The minimum absolute atomic E-state index is 0.0575. The topological polar surface area (TPSA) is 114 Å². The summed E-state index contributed by atoms with van der Waals surface area (Å²) in [4.78, 5) is 49.8. The maximum Gasteiger partial charge on any atom is 0.408 e. The highest BCUT2D eigenvalue weighted by atomic mass is 19.3. The van der Waals surface area contributed by atoms with Crippen LogP contribution in [0.5, 0.6) is 0 Å². The van der Waals surface area contributed by atoms with Crippen molar-refractivity contribution in [1.29, 1.82) is 0 Å². The van der Waals surface area contributed by atoms with Crippen molar-refractivity contribution < 1.29 is 32.7 Å². The van der Waals surface area contributed by atoms with E-state index in [2.05, 4.69) is 16.0 Å². The third kappa shape index (κ3) is 7.89. The zero-order valence-electron chi connectivity index (χ0n) is 23.3. The van der Waals surface area contributed by atoms with Crippen LogP contribution >= 0.6 is 0 Å². The predicted octanol–water partition coefficient (Wildman–Crippen LogP) is 4.75. The van der Waals surface area contributed by atoms with Gasteiger partial charge in [0.2, 0.25) is 11.8 Å². The highest BCUT2D eigenvalue weighted by molar-refractivity contribution is 5.88. The largest absolute Gasteiger partial charge is 0.434 e. The molecule has 10 heteroatoms. The molecule has 41 heavy (non-hydrogen) atoms. The first-order valence-corrected chi connectivity index (χ1v) is 14.1. The summed E-state index contributed by atoms with van der Waals surface area (Å²) < 4.78 is 37.4. The Labute approximate surface area is 238 Å². The summed E-state index contributed by atoms with van der Waals surface area (Å²) >= 11 is 0. The van der Waals surface area contributed by atoms with E-state index in [-0.39, 0.29) is 41.7 Å². The summed E-state index contributed by atoms with van der Waals surface area (Å²) in [6.45, 7) is 4.17. The number of halogens is 2. The normalized spacial score (nSPS) is 19.1. The summed E-state index contributed by atoms with van der Waals surface area (Å²) in [6, 6.07) is 11.9. The van der Waals surface area contributed by atoms with E-state index in [1.165, 1.54) is 24.3 Å².